The summed E-state index contributed by atoms with van der Waals surface area (Å²) >= 11 is 3.22. The smallest absolute Gasteiger partial charge is 0.255 e. The fourth-order valence-electron chi connectivity index (χ4n) is 2.27. The maximum atomic E-state index is 13.2. The van der Waals surface area contributed by atoms with Gasteiger partial charge in [0.25, 0.3) is 5.91 Å². The third-order valence-electron chi connectivity index (χ3n) is 3.26. The van der Waals surface area contributed by atoms with Crippen molar-refractivity contribution in [2.45, 2.75) is 19.8 Å². The molecule has 5 heteroatoms. The molecule has 3 nitrogen and oxygen atoms in total. The molecular formula is C13H16BrFN2O. The van der Waals surface area contributed by atoms with Crippen molar-refractivity contribution in [3.8, 4) is 0 Å². The molecule has 2 rings (SSSR count). The first-order valence-corrected chi connectivity index (χ1v) is 6.82. The number of anilines is 1. The Balaban J connectivity index is 2.25. The molecule has 1 aromatic rings. The van der Waals surface area contributed by atoms with E-state index < -0.39 is 5.82 Å². The number of amides is 1. The number of nitrogens with two attached hydrogens (primary N) is 1. The van der Waals surface area contributed by atoms with Gasteiger partial charge in [-0.1, -0.05) is 6.92 Å². The molecule has 18 heavy (non-hydrogen) atoms. The van der Waals surface area contributed by atoms with Gasteiger partial charge in [-0.3, -0.25) is 4.79 Å². The summed E-state index contributed by atoms with van der Waals surface area (Å²) in [6.07, 6.45) is 2.16. The lowest BCUT2D eigenvalue weighted by Crippen LogP contribution is -2.39. The quantitative estimate of drug-likeness (QED) is 0.810. The van der Waals surface area contributed by atoms with Gasteiger partial charge in [0.15, 0.2) is 0 Å². The maximum absolute atomic E-state index is 13.2. The van der Waals surface area contributed by atoms with Crippen LogP contribution in [0.5, 0.6) is 0 Å². The summed E-state index contributed by atoms with van der Waals surface area (Å²) < 4.78 is 13.7. The monoisotopic (exact) mass is 314 g/mol. The molecule has 98 valence electrons. The van der Waals surface area contributed by atoms with Crippen LogP contribution in [-0.4, -0.2) is 23.9 Å². The number of likely N-dealkylation sites (tertiary alicyclic amines) is 1. The topological polar surface area (TPSA) is 46.3 Å². The molecule has 1 aliphatic rings. The highest BCUT2D eigenvalue weighted by Crippen LogP contribution is 2.26. The molecule has 0 radical (unpaired) electrons. The summed E-state index contributed by atoms with van der Waals surface area (Å²) in [5.41, 5.74) is 5.96. The average molecular weight is 315 g/mol. The van der Waals surface area contributed by atoms with Crippen LogP contribution >= 0.6 is 15.9 Å². The number of piperidine rings is 1. The largest absolute Gasteiger partial charge is 0.396 e. The minimum absolute atomic E-state index is 0.00612. The molecule has 1 amide bonds. The Morgan fingerprint density at radius 1 is 1.56 bits per heavy atom. The van der Waals surface area contributed by atoms with E-state index in [1.54, 1.807) is 0 Å². The molecule has 0 bridgehead atoms. The molecule has 1 unspecified atom stereocenters. The van der Waals surface area contributed by atoms with Gasteiger partial charge >= 0.3 is 0 Å². The van der Waals surface area contributed by atoms with Crippen molar-refractivity contribution in [3.63, 3.8) is 0 Å². The number of carbonyl (C=O) groups is 1. The van der Waals surface area contributed by atoms with Crippen molar-refractivity contribution in [1.29, 1.82) is 0 Å². The Bertz CT molecular complexity index is 478. The van der Waals surface area contributed by atoms with Crippen LogP contribution in [-0.2, 0) is 0 Å². The van der Waals surface area contributed by atoms with E-state index in [4.69, 9.17) is 5.73 Å². The highest BCUT2D eigenvalue weighted by Gasteiger charge is 2.24. The zero-order valence-corrected chi connectivity index (χ0v) is 11.8. The predicted molar refractivity (Wildman–Crippen MR) is 72.8 cm³/mol. The third-order valence-corrected chi connectivity index (χ3v) is 3.92. The van der Waals surface area contributed by atoms with Gasteiger partial charge in [0.1, 0.15) is 5.82 Å². The van der Waals surface area contributed by atoms with Gasteiger partial charge in [-0.05, 0) is 46.8 Å². The molecule has 0 spiro atoms. The Morgan fingerprint density at radius 2 is 2.28 bits per heavy atom. The number of nitrogen functional groups attached to an aromatic ring is 1. The molecule has 0 aliphatic carbocycles. The zero-order chi connectivity index (χ0) is 13.3. The summed E-state index contributed by atoms with van der Waals surface area (Å²) in [6.45, 7) is 3.64. The summed E-state index contributed by atoms with van der Waals surface area (Å²) in [6, 6.07) is 2.65. The van der Waals surface area contributed by atoms with Crippen molar-refractivity contribution >= 4 is 27.5 Å². The normalized spacial score (nSPS) is 19.9. The molecule has 0 saturated carbocycles. The Morgan fingerprint density at radius 3 is 2.94 bits per heavy atom. The van der Waals surface area contributed by atoms with E-state index in [1.807, 2.05) is 4.90 Å². The van der Waals surface area contributed by atoms with Crippen LogP contribution in [0.15, 0.2) is 16.6 Å². The van der Waals surface area contributed by atoms with Crippen molar-refractivity contribution < 1.29 is 9.18 Å². The van der Waals surface area contributed by atoms with Crippen LogP contribution in [0.2, 0.25) is 0 Å². The SMILES string of the molecule is CC1CCCN(C(=O)c2cc(N)c(F)cc2Br)C1. The number of nitrogens with zero attached hydrogens (tertiary/aromatic N) is 1. The van der Waals surface area contributed by atoms with Crippen molar-refractivity contribution in [1.82, 2.24) is 4.90 Å². The van der Waals surface area contributed by atoms with Crippen LogP contribution in [0, 0.1) is 11.7 Å². The lowest BCUT2D eigenvalue weighted by atomic mass is 9.99. The Labute approximate surface area is 114 Å². The first-order valence-electron chi connectivity index (χ1n) is 6.03. The molecule has 1 saturated heterocycles. The van der Waals surface area contributed by atoms with Crippen LogP contribution < -0.4 is 5.73 Å². The zero-order valence-electron chi connectivity index (χ0n) is 10.2. The van der Waals surface area contributed by atoms with E-state index >= 15 is 0 Å². The molecule has 1 aromatic carbocycles. The number of hydrogen-bond donors (Lipinski definition) is 1. The van der Waals surface area contributed by atoms with Crippen LogP contribution in [0.25, 0.3) is 0 Å². The predicted octanol–water partition coefficient (Wildman–Crippen LogP) is 3.04. The molecule has 0 aromatic heterocycles. The standard InChI is InChI=1S/C13H16BrFN2O/c1-8-3-2-4-17(7-8)13(18)9-5-12(16)11(15)6-10(9)14/h5-6,8H,2-4,7,16H2,1H3. The highest BCUT2D eigenvalue weighted by molar-refractivity contribution is 9.10. The Hall–Kier alpha value is -1.10. The molecule has 1 heterocycles. The van der Waals surface area contributed by atoms with E-state index in [9.17, 15) is 9.18 Å². The van der Waals surface area contributed by atoms with Crippen molar-refractivity contribution in [2.24, 2.45) is 5.92 Å². The molecule has 1 fully saturated rings. The lowest BCUT2D eigenvalue weighted by Gasteiger charge is -2.31. The number of rotatable bonds is 1. The van der Waals surface area contributed by atoms with E-state index in [2.05, 4.69) is 22.9 Å². The van der Waals surface area contributed by atoms with Crippen molar-refractivity contribution in [2.75, 3.05) is 18.8 Å². The second-order valence-corrected chi connectivity index (χ2v) is 5.71. The summed E-state index contributed by atoms with van der Waals surface area (Å²) in [7, 11) is 0. The van der Waals surface area contributed by atoms with Gasteiger partial charge in [-0.15, -0.1) is 0 Å². The molecular weight excluding hydrogens is 299 g/mol. The summed E-state index contributed by atoms with van der Waals surface area (Å²) in [5, 5.41) is 0. The maximum Gasteiger partial charge on any atom is 0.255 e. The second-order valence-electron chi connectivity index (χ2n) is 4.85. The van der Waals surface area contributed by atoms with Crippen LogP contribution in [0.3, 0.4) is 0 Å². The summed E-state index contributed by atoms with van der Waals surface area (Å²) in [5.74, 6) is -0.0789. The van der Waals surface area contributed by atoms with Gasteiger partial charge in [0.2, 0.25) is 0 Å². The highest BCUT2D eigenvalue weighted by atomic mass is 79.9. The number of carbonyl (C=O) groups excluding carboxylic acids is 1. The Kier molecular flexibility index (Phi) is 3.90. The molecule has 1 atom stereocenters. The van der Waals surface area contributed by atoms with E-state index in [1.165, 1.54) is 12.1 Å². The lowest BCUT2D eigenvalue weighted by molar-refractivity contribution is 0.0682. The number of hydrogen-bond acceptors (Lipinski definition) is 2. The molecule has 2 N–H and O–H groups in total. The van der Waals surface area contributed by atoms with Gasteiger partial charge in [0.05, 0.1) is 11.3 Å². The number of halogens is 2. The van der Waals surface area contributed by atoms with Gasteiger partial charge in [-0.2, -0.15) is 0 Å². The summed E-state index contributed by atoms with van der Waals surface area (Å²) in [4.78, 5) is 14.2. The van der Waals surface area contributed by atoms with Crippen molar-refractivity contribution in [3.05, 3.63) is 28.0 Å². The second kappa shape index (κ2) is 5.26. The average Bonchev–Trinajstić information content (AvgIpc) is 2.33. The van der Waals surface area contributed by atoms with E-state index in [0.29, 0.717) is 16.0 Å². The van der Waals surface area contributed by atoms with Crippen LogP contribution in [0.4, 0.5) is 10.1 Å². The third kappa shape index (κ3) is 2.66. The minimum atomic E-state index is -0.509. The fourth-order valence-corrected chi connectivity index (χ4v) is 2.76. The fraction of sp³-hybridized carbons (Fsp3) is 0.462. The minimum Gasteiger partial charge on any atom is -0.396 e. The first-order chi connectivity index (χ1) is 8.49. The molecule has 1 aliphatic heterocycles. The first kappa shape index (κ1) is 13.3. The van der Waals surface area contributed by atoms with Crippen LogP contribution in [0.1, 0.15) is 30.1 Å². The van der Waals surface area contributed by atoms with E-state index in [-0.39, 0.29) is 11.6 Å². The number of benzene rings is 1. The van der Waals surface area contributed by atoms with Gasteiger partial charge in [-0.25, -0.2) is 4.39 Å². The van der Waals surface area contributed by atoms with E-state index in [0.717, 1.165) is 25.9 Å². The van der Waals surface area contributed by atoms with Gasteiger partial charge < -0.3 is 10.6 Å². The van der Waals surface area contributed by atoms with Gasteiger partial charge in [0, 0.05) is 17.6 Å².